The molecule has 1 saturated heterocycles. The van der Waals surface area contributed by atoms with Gasteiger partial charge in [0.2, 0.25) is 65.0 Å². The predicted molar refractivity (Wildman–Crippen MR) is 370 cm³/mol. The number of hydrogen-bond donors (Lipinski definition) is 4. The van der Waals surface area contributed by atoms with E-state index in [4.69, 9.17) is 8.61 Å². The van der Waals surface area contributed by atoms with Gasteiger partial charge in [-0.25, -0.2) is 0 Å². The fraction of sp³-hybridized carbons (Fsp3) is 0.836. The zero-order chi connectivity index (χ0) is 74.2. The summed E-state index contributed by atoms with van der Waals surface area (Å²) in [5.41, 5.74) is 0. The summed E-state index contributed by atoms with van der Waals surface area (Å²) in [6, 6.07) is -12.6. The van der Waals surface area contributed by atoms with Crippen molar-refractivity contribution in [2.75, 3.05) is 68.7 Å². The van der Waals surface area contributed by atoms with E-state index in [1.807, 2.05) is 89.3 Å². The van der Waals surface area contributed by atoms with Gasteiger partial charge in [-0.3, -0.25) is 56.9 Å². The van der Waals surface area contributed by atoms with Crippen molar-refractivity contribution >= 4 is 83.4 Å². The van der Waals surface area contributed by atoms with Crippen LogP contribution in [0, 0.1) is 41.4 Å². The van der Waals surface area contributed by atoms with Crippen LogP contribution >= 0.6 is 0 Å². The summed E-state index contributed by atoms with van der Waals surface area (Å²) < 4.78 is 37.0. The van der Waals surface area contributed by atoms with Gasteiger partial charge < -0.3 is 60.0 Å². The summed E-state index contributed by atoms with van der Waals surface area (Å²) in [6.07, 6.45) is 0.218. The van der Waals surface area contributed by atoms with Gasteiger partial charge in [0.25, 0.3) is 10.1 Å². The third-order valence-electron chi connectivity index (χ3n) is 18.4. The Morgan fingerprint density at radius 2 is 0.905 bits per heavy atom. The molecule has 0 saturated carbocycles. The molecule has 1 fully saturated rings. The third-order valence-corrected chi connectivity index (χ3v) is 23.5. The molecule has 1 aliphatic rings. The van der Waals surface area contributed by atoms with Crippen LogP contribution in [0.1, 0.15) is 170 Å². The molecule has 548 valence electrons. The zero-order valence-corrected chi connectivity index (χ0v) is 65.0. The second kappa shape index (κ2) is 37.3. The van der Waals surface area contributed by atoms with Crippen LogP contribution in [-0.4, -0.2) is 251 Å². The summed E-state index contributed by atoms with van der Waals surface area (Å²) in [4.78, 5) is 172. The molecule has 0 aromatic carbocycles. The van der Waals surface area contributed by atoms with Crippen LogP contribution in [0.4, 0.5) is 0 Å². The van der Waals surface area contributed by atoms with Gasteiger partial charge in [-0.05, 0) is 112 Å². The Balaban J connectivity index is 4.61. The van der Waals surface area contributed by atoms with Crippen LogP contribution in [0.15, 0.2) is 0 Å². The van der Waals surface area contributed by atoms with E-state index < -0.39 is 179 Å². The topological polar surface area (TPSA) is 311 Å². The summed E-state index contributed by atoms with van der Waals surface area (Å²) >= 11 is 0. The Hall–Kier alpha value is -5.74. The van der Waals surface area contributed by atoms with Crippen molar-refractivity contribution < 1.29 is 69.8 Å². The average Bonchev–Trinajstić information content (AvgIpc) is 0.924. The minimum Gasteiger partial charge on any atom is -0.411 e. The first kappa shape index (κ1) is 87.3. The number of carbonyl (C=O) groups is 11. The molecule has 0 aliphatic carbocycles. The second-order valence-electron chi connectivity index (χ2n) is 30.5. The molecule has 4 N–H and O–H groups in total. The lowest BCUT2D eigenvalue weighted by molar-refractivity contribution is -0.157. The lowest BCUT2D eigenvalue weighted by Gasteiger charge is -2.46. The van der Waals surface area contributed by atoms with Crippen molar-refractivity contribution in [3.05, 3.63) is 0 Å². The van der Waals surface area contributed by atoms with Gasteiger partial charge in [-0.1, -0.05) is 118 Å². The highest BCUT2D eigenvalue weighted by Gasteiger charge is 2.49. The maximum Gasteiger partial charge on any atom is 0.264 e. The quantitative estimate of drug-likeness (QED) is 0.101. The fourth-order valence-corrected chi connectivity index (χ4v) is 13.2. The highest BCUT2D eigenvalue weighted by atomic mass is 32.2. The van der Waals surface area contributed by atoms with Gasteiger partial charge in [-0.2, -0.15) is 8.42 Å². The maximum absolute atomic E-state index is 15.8. The molecule has 12 atom stereocenters. The van der Waals surface area contributed by atoms with Crippen molar-refractivity contribution in [3.8, 4) is 0 Å². The van der Waals surface area contributed by atoms with E-state index in [1.165, 1.54) is 92.6 Å². The smallest absolute Gasteiger partial charge is 0.264 e. The number of carbonyl (C=O) groups excluding carboxylic acids is 11. The molecule has 0 radical (unpaired) electrons. The fourth-order valence-electron chi connectivity index (χ4n) is 11.4. The third kappa shape index (κ3) is 25.3. The number of amides is 11. The van der Waals surface area contributed by atoms with Crippen molar-refractivity contribution in [2.45, 2.75) is 255 Å². The van der Waals surface area contributed by atoms with E-state index in [9.17, 15) is 42.0 Å². The van der Waals surface area contributed by atoms with Gasteiger partial charge in [0.15, 0.2) is 8.32 Å². The molecule has 95 heavy (non-hydrogen) atoms. The summed E-state index contributed by atoms with van der Waals surface area (Å²) in [6.45, 7) is 37.0. The molecule has 28 heteroatoms. The minimum absolute atomic E-state index is 0.0137. The van der Waals surface area contributed by atoms with Crippen molar-refractivity contribution in [1.82, 2.24) is 55.6 Å². The molecular formula is C67H125N11O15SSi. The van der Waals surface area contributed by atoms with Crippen LogP contribution in [0.3, 0.4) is 0 Å². The van der Waals surface area contributed by atoms with Crippen molar-refractivity contribution in [2.24, 2.45) is 41.4 Å². The molecule has 1 heterocycles. The van der Waals surface area contributed by atoms with E-state index in [-0.39, 0.29) is 68.8 Å². The number of hydrogen-bond acceptors (Lipinski definition) is 15. The molecule has 11 amide bonds. The van der Waals surface area contributed by atoms with Crippen molar-refractivity contribution in [1.29, 1.82) is 0 Å². The number of likely N-dealkylation sites (N-methyl/N-ethyl adjacent to an activating group) is 7. The SMILES string of the molecule is CC[C@@H]1NC(=O)[C@H]([C@H](O[Si](C)(C)C(C)(C)C)[C@H](C)CCOS(C)(=O)=O)N(C)C(=O)[C@H](C(C)C)N(C)C(=O)[C@H](CC(C)C)N(C)C(=O)[C@H](CC(C)C)N(C)C(=O)[C@@H](C)NC(=O)[C@H](C)NC(=O)[C@H](CC(C)C)N(C)C(=O)[C@H](C(C)C)NC(=O)[C@H](CC(C)C)N(C)C(=O)CN(C)C1=O. The van der Waals surface area contributed by atoms with Gasteiger partial charge in [0, 0.05) is 49.3 Å². The molecule has 1 aliphatic heterocycles. The molecular weight excluding hydrogens is 1260 g/mol. The first-order valence-electron chi connectivity index (χ1n) is 33.9. The van der Waals surface area contributed by atoms with Crippen LogP contribution in [0.5, 0.6) is 0 Å². The average molecular weight is 1380 g/mol. The van der Waals surface area contributed by atoms with E-state index in [0.29, 0.717) is 0 Å². The molecule has 0 bridgehead atoms. The Bertz CT molecular complexity index is 2760. The summed E-state index contributed by atoms with van der Waals surface area (Å²) in [5.74, 6) is -10.2. The summed E-state index contributed by atoms with van der Waals surface area (Å²) in [5, 5.41) is 10.6. The predicted octanol–water partition coefficient (Wildman–Crippen LogP) is 4.70. The van der Waals surface area contributed by atoms with E-state index in [1.54, 1.807) is 41.5 Å². The lowest BCUT2D eigenvalue weighted by atomic mass is 9.91. The van der Waals surface area contributed by atoms with Crippen LogP contribution in [0.25, 0.3) is 0 Å². The molecule has 0 unspecified atom stereocenters. The van der Waals surface area contributed by atoms with Gasteiger partial charge in [0.05, 0.1) is 25.5 Å². The Kier molecular flexibility index (Phi) is 34.2. The van der Waals surface area contributed by atoms with Crippen molar-refractivity contribution in [3.63, 3.8) is 0 Å². The molecule has 0 aromatic heterocycles. The highest BCUT2D eigenvalue weighted by molar-refractivity contribution is 7.86. The number of rotatable bonds is 19. The molecule has 26 nitrogen and oxygen atoms in total. The Morgan fingerprint density at radius 3 is 1.34 bits per heavy atom. The first-order chi connectivity index (χ1) is 43.3. The normalized spacial score (nSPS) is 25.8. The lowest BCUT2D eigenvalue weighted by Crippen LogP contribution is -2.65. The van der Waals surface area contributed by atoms with E-state index in [0.717, 1.165) is 11.2 Å². The Labute approximate surface area is 571 Å². The molecule has 1 rings (SSSR count). The standard InChI is InChI=1S/C67H125N11O15SSi/c1-30-47-62(85)72(20)37-52(79)73(21)48(33-38(2)3)59(82)71-53(42(10)11)65(88)74(22)49(34-39(4)5)58(81)68-45(15)57(80)69-46(16)61(84)75(23)50(35-40(6)7)63(86)76(24)51(36-41(8)9)64(87)77(25)54(43(12)13)66(89)78(26)55(60(83)70-47)56(93-95(28,29)67(17,18)19)44(14)31-32-92-94(27,90)91/h38-51,53-56H,30-37H2,1-29H3,(H,68,81)(H,69,80)(H,70,83)(H,71,82)/t44-,45+,46-,47+,48+,49+,50+,51+,53+,54+,55+,56-/m1/s1. The Morgan fingerprint density at radius 1 is 0.495 bits per heavy atom. The van der Waals surface area contributed by atoms with E-state index in [2.05, 4.69) is 21.3 Å². The minimum atomic E-state index is -3.93. The molecule has 0 spiro atoms. The molecule has 0 aromatic rings. The zero-order valence-electron chi connectivity index (χ0n) is 63.2. The van der Waals surface area contributed by atoms with Crippen LogP contribution in [0.2, 0.25) is 18.1 Å². The van der Waals surface area contributed by atoms with E-state index >= 15 is 19.2 Å². The maximum atomic E-state index is 15.8. The van der Waals surface area contributed by atoms with Gasteiger partial charge in [0.1, 0.15) is 60.4 Å². The van der Waals surface area contributed by atoms with Crippen LogP contribution < -0.4 is 21.3 Å². The monoisotopic (exact) mass is 1380 g/mol. The van der Waals surface area contributed by atoms with Gasteiger partial charge >= 0.3 is 0 Å². The highest BCUT2D eigenvalue weighted by Crippen LogP contribution is 2.40. The largest absolute Gasteiger partial charge is 0.411 e. The number of nitrogens with zero attached hydrogens (tertiary/aromatic N) is 7. The summed E-state index contributed by atoms with van der Waals surface area (Å²) in [7, 11) is 3.04. The van der Waals surface area contributed by atoms with Crippen LogP contribution in [-0.2, 0) is 71.5 Å². The number of nitrogens with one attached hydrogen (secondary N) is 4. The first-order valence-corrected chi connectivity index (χ1v) is 38.6. The van der Waals surface area contributed by atoms with Gasteiger partial charge in [-0.15, -0.1) is 0 Å². The second-order valence-corrected chi connectivity index (χ2v) is 36.9.